The number of fused-ring (bicyclic) bond motifs is 1. The summed E-state index contributed by atoms with van der Waals surface area (Å²) in [4.78, 5) is 1.99. The van der Waals surface area contributed by atoms with Gasteiger partial charge in [-0.25, -0.2) is 0 Å². The minimum atomic E-state index is 0.105. The van der Waals surface area contributed by atoms with Gasteiger partial charge < -0.3 is 15.3 Å². The van der Waals surface area contributed by atoms with E-state index in [1.54, 1.807) is 0 Å². The maximum Gasteiger partial charge on any atom is 0.0671 e. The van der Waals surface area contributed by atoms with Crippen LogP contribution in [0.3, 0.4) is 0 Å². The van der Waals surface area contributed by atoms with Crippen LogP contribution in [0.25, 0.3) is 0 Å². The Labute approximate surface area is 91.9 Å². The molecule has 4 heteroatoms. The molecular formula is C10H13BrN2O. The van der Waals surface area contributed by atoms with Crippen molar-refractivity contribution in [2.45, 2.75) is 13.0 Å². The van der Waals surface area contributed by atoms with Crippen LogP contribution in [0.2, 0.25) is 0 Å². The van der Waals surface area contributed by atoms with Crippen molar-refractivity contribution in [3.8, 4) is 0 Å². The van der Waals surface area contributed by atoms with E-state index in [2.05, 4.69) is 28.2 Å². The first-order valence-corrected chi connectivity index (χ1v) is 5.35. The SMILES string of the molecule is CC1NC2=CN(C)C=C(Br)C2=C1CO. The molecule has 1 atom stereocenters. The van der Waals surface area contributed by atoms with Gasteiger partial charge in [0.25, 0.3) is 0 Å². The molecule has 2 rings (SSSR count). The van der Waals surface area contributed by atoms with Gasteiger partial charge in [0.1, 0.15) is 0 Å². The minimum absolute atomic E-state index is 0.105. The van der Waals surface area contributed by atoms with Crippen molar-refractivity contribution in [2.24, 2.45) is 0 Å². The van der Waals surface area contributed by atoms with Crippen LogP contribution in [0.1, 0.15) is 6.92 Å². The van der Waals surface area contributed by atoms with Gasteiger partial charge in [0.05, 0.1) is 12.3 Å². The molecule has 14 heavy (non-hydrogen) atoms. The Morgan fingerprint density at radius 2 is 2.29 bits per heavy atom. The van der Waals surface area contributed by atoms with E-state index in [0.29, 0.717) is 0 Å². The first kappa shape index (κ1) is 9.80. The van der Waals surface area contributed by atoms with Crippen molar-refractivity contribution in [1.82, 2.24) is 10.2 Å². The highest BCUT2D eigenvalue weighted by atomic mass is 79.9. The molecule has 0 aromatic heterocycles. The summed E-state index contributed by atoms with van der Waals surface area (Å²) in [5.74, 6) is 0. The number of aliphatic hydroxyl groups excluding tert-OH is 1. The largest absolute Gasteiger partial charge is 0.392 e. The van der Waals surface area contributed by atoms with Crippen LogP contribution < -0.4 is 5.32 Å². The summed E-state index contributed by atoms with van der Waals surface area (Å²) in [6.07, 6.45) is 4.02. The van der Waals surface area contributed by atoms with E-state index in [4.69, 9.17) is 0 Å². The standard InChI is InChI=1S/C10H13BrN2O/c1-6-7(5-14)10-8(11)3-13(2)4-9(10)12-6/h3-4,6,12,14H,5H2,1-2H3. The first-order valence-electron chi connectivity index (χ1n) is 4.55. The van der Waals surface area contributed by atoms with Gasteiger partial charge in [0.15, 0.2) is 0 Å². The molecule has 0 aromatic rings. The van der Waals surface area contributed by atoms with Gasteiger partial charge in [-0.3, -0.25) is 0 Å². The summed E-state index contributed by atoms with van der Waals surface area (Å²) < 4.78 is 1.03. The monoisotopic (exact) mass is 256 g/mol. The summed E-state index contributed by atoms with van der Waals surface area (Å²) >= 11 is 3.51. The molecule has 0 spiro atoms. The maximum atomic E-state index is 9.27. The molecule has 1 unspecified atom stereocenters. The fourth-order valence-electron chi connectivity index (χ4n) is 1.87. The fraction of sp³-hybridized carbons (Fsp3) is 0.400. The molecule has 2 aliphatic heterocycles. The average Bonchev–Trinajstić information content (AvgIpc) is 2.40. The van der Waals surface area contributed by atoms with Crippen LogP contribution in [0.5, 0.6) is 0 Å². The summed E-state index contributed by atoms with van der Waals surface area (Å²) in [7, 11) is 1.98. The number of allylic oxidation sites excluding steroid dienone is 1. The zero-order valence-electron chi connectivity index (χ0n) is 8.21. The summed E-state index contributed by atoms with van der Waals surface area (Å²) in [5.41, 5.74) is 3.24. The van der Waals surface area contributed by atoms with Crippen molar-refractivity contribution in [3.63, 3.8) is 0 Å². The Bertz CT molecular complexity index is 357. The fourth-order valence-corrected chi connectivity index (χ4v) is 2.66. The lowest BCUT2D eigenvalue weighted by Crippen LogP contribution is -2.22. The zero-order valence-corrected chi connectivity index (χ0v) is 9.80. The third-order valence-electron chi connectivity index (χ3n) is 2.54. The third kappa shape index (κ3) is 1.38. The van der Waals surface area contributed by atoms with Crippen LogP contribution in [0.4, 0.5) is 0 Å². The van der Waals surface area contributed by atoms with Crippen molar-refractivity contribution in [1.29, 1.82) is 0 Å². The van der Waals surface area contributed by atoms with E-state index in [-0.39, 0.29) is 12.6 Å². The lowest BCUT2D eigenvalue weighted by molar-refractivity contribution is 0.323. The van der Waals surface area contributed by atoms with Gasteiger partial charge in [-0.15, -0.1) is 0 Å². The van der Waals surface area contributed by atoms with E-state index in [1.165, 1.54) is 0 Å². The molecule has 0 bridgehead atoms. The van der Waals surface area contributed by atoms with E-state index in [9.17, 15) is 5.11 Å². The predicted molar refractivity (Wildman–Crippen MR) is 59.6 cm³/mol. The Morgan fingerprint density at radius 3 is 2.93 bits per heavy atom. The maximum absolute atomic E-state index is 9.27. The molecule has 0 saturated heterocycles. The minimum Gasteiger partial charge on any atom is -0.392 e. The smallest absolute Gasteiger partial charge is 0.0671 e. The van der Waals surface area contributed by atoms with Gasteiger partial charge in [-0.2, -0.15) is 0 Å². The quantitative estimate of drug-likeness (QED) is 0.743. The Morgan fingerprint density at radius 1 is 1.57 bits per heavy atom. The van der Waals surface area contributed by atoms with Gasteiger partial charge >= 0.3 is 0 Å². The molecule has 0 fully saturated rings. The van der Waals surface area contributed by atoms with E-state index in [1.807, 2.05) is 24.3 Å². The van der Waals surface area contributed by atoms with Crippen LogP contribution >= 0.6 is 15.9 Å². The van der Waals surface area contributed by atoms with E-state index in [0.717, 1.165) is 21.3 Å². The molecule has 2 aliphatic rings. The Balaban J connectivity index is 2.48. The Hall–Kier alpha value is -0.740. The second-order valence-electron chi connectivity index (χ2n) is 3.61. The van der Waals surface area contributed by atoms with Crippen molar-refractivity contribution in [2.75, 3.05) is 13.7 Å². The number of rotatable bonds is 1. The summed E-state index contributed by atoms with van der Waals surface area (Å²) in [6.45, 7) is 2.16. The average molecular weight is 257 g/mol. The highest BCUT2D eigenvalue weighted by Gasteiger charge is 2.28. The highest BCUT2D eigenvalue weighted by molar-refractivity contribution is 9.12. The molecule has 0 saturated carbocycles. The molecular weight excluding hydrogens is 244 g/mol. The van der Waals surface area contributed by atoms with Gasteiger partial charge in [-0.1, -0.05) is 0 Å². The van der Waals surface area contributed by atoms with Crippen LogP contribution in [-0.4, -0.2) is 29.7 Å². The number of nitrogens with zero attached hydrogens (tertiary/aromatic N) is 1. The zero-order chi connectivity index (χ0) is 10.3. The van der Waals surface area contributed by atoms with Crippen LogP contribution in [-0.2, 0) is 0 Å². The topological polar surface area (TPSA) is 35.5 Å². The number of aliphatic hydroxyl groups is 1. The number of hydrogen-bond donors (Lipinski definition) is 2. The van der Waals surface area contributed by atoms with Gasteiger partial charge in [0, 0.05) is 35.5 Å². The number of hydrogen-bond acceptors (Lipinski definition) is 3. The molecule has 0 aliphatic carbocycles. The molecule has 0 amide bonds. The second-order valence-corrected chi connectivity index (χ2v) is 4.46. The highest BCUT2D eigenvalue weighted by Crippen LogP contribution is 2.35. The molecule has 0 radical (unpaired) electrons. The third-order valence-corrected chi connectivity index (χ3v) is 3.15. The summed E-state index contributed by atoms with van der Waals surface area (Å²) in [6, 6.07) is 0.216. The number of halogens is 1. The van der Waals surface area contributed by atoms with E-state index >= 15 is 0 Å². The molecule has 3 nitrogen and oxygen atoms in total. The molecule has 76 valence electrons. The van der Waals surface area contributed by atoms with Crippen molar-refractivity contribution >= 4 is 15.9 Å². The molecule has 2 N–H and O–H groups in total. The van der Waals surface area contributed by atoms with E-state index < -0.39 is 0 Å². The summed E-state index contributed by atoms with van der Waals surface area (Å²) in [5, 5.41) is 12.6. The van der Waals surface area contributed by atoms with Gasteiger partial charge in [0.2, 0.25) is 0 Å². The van der Waals surface area contributed by atoms with Crippen molar-refractivity contribution < 1.29 is 5.11 Å². The molecule has 2 heterocycles. The van der Waals surface area contributed by atoms with Crippen LogP contribution in [0.15, 0.2) is 33.7 Å². The van der Waals surface area contributed by atoms with Crippen LogP contribution in [0, 0.1) is 0 Å². The predicted octanol–water partition coefficient (Wildman–Crippen LogP) is 1.29. The normalized spacial score (nSPS) is 25.7. The van der Waals surface area contributed by atoms with Crippen molar-refractivity contribution in [3.05, 3.63) is 33.7 Å². The lowest BCUT2D eigenvalue weighted by Gasteiger charge is -2.19. The second kappa shape index (κ2) is 3.44. The molecule has 0 aromatic carbocycles. The number of nitrogens with one attached hydrogen (secondary N) is 1. The van der Waals surface area contributed by atoms with Gasteiger partial charge in [-0.05, 0) is 28.4 Å². The Kier molecular flexibility index (Phi) is 2.41. The first-order chi connectivity index (χ1) is 6.63. The lowest BCUT2D eigenvalue weighted by atomic mass is 10.1.